The van der Waals surface area contributed by atoms with Crippen LogP contribution in [0.5, 0.6) is 0 Å². The van der Waals surface area contributed by atoms with Crippen LogP contribution in [-0.4, -0.2) is 75.3 Å². The van der Waals surface area contributed by atoms with E-state index in [0.29, 0.717) is 44.1 Å². The Morgan fingerprint density at radius 1 is 1.30 bits per heavy atom. The molecule has 0 radical (unpaired) electrons. The van der Waals surface area contributed by atoms with E-state index in [1.165, 1.54) is 11.2 Å². The van der Waals surface area contributed by atoms with Gasteiger partial charge in [-0.3, -0.25) is 9.59 Å². The SMILES string of the molecule is CCNC(=NCc1ccc(C(=O)N2CCNC(=O)C2)cc1)NC(C)CCS(C)(=O)=O. The smallest absolute Gasteiger partial charge is 0.254 e. The van der Waals surface area contributed by atoms with E-state index in [9.17, 15) is 18.0 Å². The number of carbonyl (C=O) groups excluding carboxylic acids is 2. The average molecular weight is 438 g/mol. The molecule has 1 fully saturated rings. The number of sulfone groups is 1. The number of amides is 2. The number of benzene rings is 1. The third kappa shape index (κ3) is 8.02. The standard InChI is InChI=1S/C20H31N5O4S/c1-4-21-20(24-15(2)9-12-30(3,28)29)23-13-16-5-7-17(8-6-16)19(27)25-11-10-22-18(26)14-25/h5-8,15H,4,9-14H2,1-3H3,(H,22,26)(H2,21,23,24). The summed E-state index contributed by atoms with van der Waals surface area (Å²) in [4.78, 5) is 30.1. The van der Waals surface area contributed by atoms with E-state index < -0.39 is 9.84 Å². The van der Waals surface area contributed by atoms with Crippen molar-refractivity contribution in [3.63, 3.8) is 0 Å². The van der Waals surface area contributed by atoms with Crippen molar-refractivity contribution in [2.75, 3.05) is 38.2 Å². The second-order valence-corrected chi connectivity index (χ2v) is 9.69. The fourth-order valence-corrected chi connectivity index (χ4v) is 3.72. The molecule has 1 unspecified atom stereocenters. The minimum Gasteiger partial charge on any atom is -0.357 e. The number of carbonyl (C=O) groups is 2. The molecule has 1 saturated heterocycles. The normalized spacial score (nSPS) is 16.0. The van der Waals surface area contributed by atoms with Gasteiger partial charge in [-0.1, -0.05) is 12.1 Å². The van der Waals surface area contributed by atoms with Gasteiger partial charge in [-0.05, 0) is 38.0 Å². The highest BCUT2D eigenvalue weighted by Gasteiger charge is 2.22. The maximum atomic E-state index is 12.5. The molecule has 166 valence electrons. The van der Waals surface area contributed by atoms with E-state index in [-0.39, 0.29) is 30.2 Å². The van der Waals surface area contributed by atoms with E-state index >= 15 is 0 Å². The second-order valence-electron chi connectivity index (χ2n) is 7.43. The number of nitrogens with zero attached hydrogens (tertiary/aromatic N) is 2. The molecular weight excluding hydrogens is 406 g/mol. The molecule has 1 aromatic carbocycles. The monoisotopic (exact) mass is 437 g/mol. The van der Waals surface area contributed by atoms with Crippen LogP contribution >= 0.6 is 0 Å². The van der Waals surface area contributed by atoms with E-state index in [1.54, 1.807) is 12.1 Å². The predicted octanol–water partition coefficient (Wildman–Crippen LogP) is 0.137. The first-order valence-electron chi connectivity index (χ1n) is 10.1. The Balaban J connectivity index is 1.95. The largest absolute Gasteiger partial charge is 0.357 e. The number of nitrogens with one attached hydrogen (secondary N) is 3. The summed E-state index contributed by atoms with van der Waals surface area (Å²) in [7, 11) is -3.00. The average Bonchev–Trinajstić information content (AvgIpc) is 2.70. The van der Waals surface area contributed by atoms with Gasteiger partial charge >= 0.3 is 0 Å². The number of rotatable bonds is 8. The maximum Gasteiger partial charge on any atom is 0.254 e. The summed E-state index contributed by atoms with van der Waals surface area (Å²) in [5, 5.41) is 9.07. The van der Waals surface area contributed by atoms with Crippen molar-refractivity contribution in [3.8, 4) is 0 Å². The Bertz CT molecular complexity index is 868. The van der Waals surface area contributed by atoms with Crippen LogP contribution in [0.4, 0.5) is 0 Å². The maximum absolute atomic E-state index is 12.5. The van der Waals surface area contributed by atoms with E-state index in [2.05, 4.69) is 20.9 Å². The molecule has 0 spiro atoms. The summed E-state index contributed by atoms with van der Waals surface area (Å²) < 4.78 is 22.7. The van der Waals surface area contributed by atoms with Crippen molar-refractivity contribution in [2.45, 2.75) is 32.9 Å². The van der Waals surface area contributed by atoms with Gasteiger partial charge in [-0.2, -0.15) is 0 Å². The molecule has 30 heavy (non-hydrogen) atoms. The van der Waals surface area contributed by atoms with Crippen molar-refractivity contribution in [3.05, 3.63) is 35.4 Å². The van der Waals surface area contributed by atoms with Crippen LogP contribution in [0, 0.1) is 0 Å². The Hall–Kier alpha value is -2.62. The van der Waals surface area contributed by atoms with Gasteiger partial charge in [0.25, 0.3) is 5.91 Å². The van der Waals surface area contributed by atoms with Crippen LogP contribution in [0.15, 0.2) is 29.3 Å². The van der Waals surface area contributed by atoms with Crippen molar-refractivity contribution in [2.24, 2.45) is 4.99 Å². The first-order chi connectivity index (χ1) is 14.2. The highest BCUT2D eigenvalue weighted by molar-refractivity contribution is 7.90. The van der Waals surface area contributed by atoms with Gasteiger partial charge < -0.3 is 20.9 Å². The molecule has 3 N–H and O–H groups in total. The molecule has 1 atom stereocenters. The molecule has 1 aromatic rings. The van der Waals surface area contributed by atoms with Crippen LogP contribution in [-0.2, 0) is 21.2 Å². The van der Waals surface area contributed by atoms with E-state index in [1.807, 2.05) is 26.0 Å². The first kappa shape index (κ1) is 23.7. The summed E-state index contributed by atoms with van der Waals surface area (Å²) in [6, 6.07) is 7.14. The van der Waals surface area contributed by atoms with Crippen LogP contribution < -0.4 is 16.0 Å². The molecule has 1 aliphatic heterocycles. The lowest BCUT2D eigenvalue weighted by Gasteiger charge is -2.26. The lowest BCUT2D eigenvalue weighted by molar-refractivity contribution is -0.123. The number of hydrogen-bond donors (Lipinski definition) is 3. The molecule has 1 heterocycles. The third-order valence-corrected chi connectivity index (χ3v) is 5.57. The minimum atomic E-state index is -3.00. The van der Waals surface area contributed by atoms with Crippen LogP contribution in [0.25, 0.3) is 0 Å². The van der Waals surface area contributed by atoms with Crippen LogP contribution in [0.1, 0.15) is 36.2 Å². The summed E-state index contributed by atoms with van der Waals surface area (Å²) in [6.07, 6.45) is 1.72. The van der Waals surface area contributed by atoms with Gasteiger partial charge in [-0.25, -0.2) is 13.4 Å². The Morgan fingerprint density at radius 2 is 2.00 bits per heavy atom. The van der Waals surface area contributed by atoms with Crippen LogP contribution in [0.3, 0.4) is 0 Å². The molecule has 0 saturated carbocycles. The Kier molecular flexibility index (Phi) is 8.64. The number of guanidine groups is 1. The molecule has 1 aliphatic rings. The molecule has 10 heteroatoms. The lowest BCUT2D eigenvalue weighted by atomic mass is 10.1. The first-order valence-corrected chi connectivity index (χ1v) is 12.1. The molecule has 2 rings (SSSR count). The van der Waals surface area contributed by atoms with Crippen molar-refractivity contribution in [1.82, 2.24) is 20.9 Å². The predicted molar refractivity (Wildman–Crippen MR) is 117 cm³/mol. The summed E-state index contributed by atoms with van der Waals surface area (Å²) >= 11 is 0. The Morgan fingerprint density at radius 3 is 2.60 bits per heavy atom. The lowest BCUT2D eigenvalue weighted by Crippen LogP contribution is -2.49. The zero-order chi connectivity index (χ0) is 22.1. The zero-order valence-electron chi connectivity index (χ0n) is 17.8. The van der Waals surface area contributed by atoms with Crippen molar-refractivity contribution < 1.29 is 18.0 Å². The minimum absolute atomic E-state index is 0.0423. The molecular formula is C20H31N5O4S. The van der Waals surface area contributed by atoms with Gasteiger partial charge in [0.05, 0.1) is 18.8 Å². The molecule has 0 aromatic heterocycles. The van der Waals surface area contributed by atoms with Crippen LogP contribution in [0.2, 0.25) is 0 Å². The van der Waals surface area contributed by atoms with Gasteiger partial charge in [-0.15, -0.1) is 0 Å². The highest BCUT2D eigenvalue weighted by Crippen LogP contribution is 2.10. The molecule has 0 bridgehead atoms. The van der Waals surface area contributed by atoms with Gasteiger partial charge in [0.1, 0.15) is 9.84 Å². The fourth-order valence-electron chi connectivity index (χ4n) is 2.93. The van der Waals surface area contributed by atoms with Gasteiger partial charge in [0.15, 0.2) is 5.96 Å². The zero-order valence-corrected chi connectivity index (χ0v) is 18.6. The van der Waals surface area contributed by atoms with Crippen molar-refractivity contribution >= 4 is 27.6 Å². The third-order valence-electron chi connectivity index (χ3n) is 4.60. The van der Waals surface area contributed by atoms with E-state index in [4.69, 9.17) is 0 Å². The molecule has 2 amide bonds. The van der Waals surface area contributed by atoms with E-state index in [0.717, 1.165) is 5.56 Å². The fraction of sp³-hybridized carbons (Fsp3) is 0.550. The molecule has 9 nitrogen and oxygen atoms in total. The second kappa shape index (κ2) is 11.0. The topological polar surface area (TPSA) is 120 Å². The highest BCUT2D eigenvalue weighted by atomic mass is 32.2. The Labute approximate surface area is 178 Å². The number of piperazine rings is 1. The summed E-state index contributed by atoms with van der Waals surface area (Å²) in [5.74, 6) is 0.428. The number of aliphatic imine (C=N–C) groups is 1. The quantitative estimate of drug-likeness (QED) is 0.393. The van der Waals surface area contributed by atoms with Gasteiger partial charge in [0, 0.05) is 37.5 Å². The summed E-state index contributed by atoms with van der Waals surface area (Å²) in [5.41, 5.74) is 1.47. The van der Waals surface area contributed by atoms with Gasteiger partial charge in [0.2, 0.25) is 5.91 Å². The number of hydrogen-bond acceptors (Lipinski definition) is 5. The van der Waals surface area contributed by atoms with Crippen molar-refractivity contribution in [1.29, 1.82) is 0 Å². The summed E-state index contributed by atoms with van der Waals surface area (Å²) in [6.45, 7) is 6.03. The molecule has 0 aliphatic carbocycles.